The molecule has 1 fully saturated rings. The van der Waals surface area contributed by atoms with Crippen LogP contribution in [0.25, 0.3) is 0 Å². The van der Waals surface area contributed by atoms with E-state index >= 15 is 0 Å². The van der Waals surface area contributed by atoms with Crippen LogP contribution in [-0.4, -0.2) is 30.8 Å². The molecule has 0 saturated carbocycles. The highest BCUT2D eigenvalue weighted by atomic mass is 16.6. The summed E-state index contributed by atoms with van der Waals surface area (Å²) >= 11 is 0. The minimum Gasteiger partial charge on any atom is -0.497 e. The average molecular weight is 266 g/mol. The van der Waals surface area contributed by atoms with Crippen LogP contribution in [-0.2, 0) is 4.74 Å². The molecule has 1 saturated heterocycles. The number of methoxy groups -OCH3 is 1. The van der Waals surface area contributed by atoms with Gasteiger partial charge in [-0.15, -0.1) is 0 Å². The molecule has 6 nitrogen and oxygen atoms in total. The first-order valence-corrected chi connectivity index (χ1v) is 6.24. The summed E-state index contributed by atoms with van der Waals surface area (Å²) in [5.74, 6) is 0.589. The highest BCUT2D eigenvalue weighted by Crippen LogP contribution is 2.31. The molecule has 1 atom stereocenters. The van der Waals surface area contributed by atoms with Crippen LogP contribution in [0.2, 0.25) is 0 Å². The predicted octanol–water partition coefficient (Wildman–Crippen LogP) is 2.58. The number of hydrogen-bond acceptors (Lipinski definition) is 5. The second-order valence-electron chi connectivity index (χ2n) is 4.90. The molecule has 1 aromatic rings. The van der Waals surface area contributed by atoms with E-state index < -0.39 is 4.92 Å². The van der Waals surface area contributed by atoms with Crippen molar-refractivity contribution in [3.8, 4) is 5.75 Å². The summed E-state index contributed by atoms with van der Waals surface area (Å²) in [7, 11) is 1.53. The summed E-state index contributed by atoms with van der Waals surface area (Å²) in [4.78, 5) is 10.6. The molecule has 1 aliphatic heterocycles. The van der Waals surface area contributed by atoms with Gasteiger partial charge in [0, 0.05) is 25.3 Å². The van der Waals surface area contributed by atoms with Crippen LogP contribution >= 0.6 is 0 Å². The Morgan fingerprint density at radius 3 is 2.95 bits per heavy atom. The van der Waals surface area contributed by atoms with Crippen molar-refractivity contribution >= 4 is 11.4 Å². The van der Waals surface area contributed by atoms with Gasteiger partial charge < -0.3 is 14.8 Å². The molecule has 0 radical (unpaired) electrons. The van der Waals surface area contributed by atoms with Crippen molar-refractivity contribution in [3.05, 3.63) is 28.3 Å². The Morgan fingerprint density at radius 1 is 1.58 bits per heavy atom. The van der Waals surface area contributed by atoms with Crippen LogP contribution in [0.1, 0.15) is 19.8 Å². The lowest BCUT2D eigenvalue weighted by Crippen LogP contribution is -2.32. The van der Waals surface area contributed by atoms with Crippen molar-refractivity contribution in [2.45, 2.75) is 25.4 Å². The molecule has 0 aromatic heterocycles. The molecule has 1 heterocycles. The Hall–Kier alpha value is -1.82. The smallest absolute Gasteiger partial charge is 0.292 e. The van der Waals surface area contributed by atoms with Crippen LogP contribution in [0.4, 0.5) is 11.4 Å². The molecule has 19 heavy (non-hydrogen) atoms. The highest BCUT2D eigenvalue weighted by Gasteiger charge is 2.30. The summed E-state index contributed by atoms with van der Waals surface area (Å²) in [6.07, 6.45) is 1.98. The predicted molar refractivity (Wildman–Crippen MR) is 71.7 cm³/mol. The molecule has 1 aliphatic rings. The molecule has 0 aliphatic carbocycles. The Bertz CT molecular complexity index is 470. The Labute approximate surface area is 111 Å². The molecule has 0 amide bonds. The molecule has 1 unspecified atom stereocenters. The van der Waals surface area contributed by atoms with Gasteiger partial charge in [0.15, 0.2) is 0 Å². The third kappa shape index (κ3) is 3.14. The second-order valence-corrected chi connectivity index (χ2v) is 4.90. The van der Waals surface area contributed by atoms with Crippen molar-refractivity contribution in [3.63, 3.8) is 0 Å². The minimum absolute atomic E-state index is 0.0439. The van der Waals surface area contributed by atoms with E-state index in [0.717, 1.165) is 19.4 Å². The molecular weight excluding hydrogens is 248 g/mol. The maximum Gasteiger partial charge on any atom is 0.292 e. The second kappa shape index (κ2) is 5.44. The van der Waals surface area contributed by atoms with E-state index in [1.165, 1.54) is 13.2 Å². The lowest BCUT2D eigenvalue weighted by Gasteiger charge is -2.24. The molecule has 6 heteroatoms. The zero-order valence-corrected chi connectivity index (χ0v) is 11.1. The average Bonchev–Trinajstić information content (AvgIpc) is 2.83. The Morgan fingerprint density at radius 2 is 2.37 bits per heavy atom. The lowest BCUT2D eigenvalue weighted by atomic mass is 10.0. The zero-order chi connectivity index (χ0) is 13.9. The lowest BCUT2D eigenvalue weighted by molar-refractivity contribution is -0.384. The minimum atomic E-state index is -0.403. The zero-order valence-electron chi connectivity index (χ0n) is 11.1. The largest absolute Gasteiger partial charge is 0.497 e. The summed E-state index contributed by atoms with van der Waals surface area (Å²) in [6, 6.07) is 4.66. The van der Waals surface area contributed by atoms with Gasteiger partial charge in [-0.3, -0.25) is 10.1 Å². The summed E-state index contributed by atoms with van der Waals surface area (Å²) < 4.78 is 10.7. The molecule has 1 N–H and O–H groups in total. The first kappa shape index (κ1) is 13.6. The van der Waals surface area contributed by atoms with Gasteiger partial charge in [0.2, 0.25) is 0 Å². The Kier molecular flexibility index (Phi) is 3.90. The topological polar surface area (TPSA) is 73.6 Å². The van der Waals surface area contributed by atoms with Crippen molar-refractivity contribution in [1.29, 1.82) is 0 Å². The number of hydrogen-bond donors (Lipinski definition) is 1. The van der Waals surface area contributed by atoms with Crippen LogP contribution in [0.5, 0.6) is 5.75 Å². The van der Waals surface area contributed by atoms with Gasteiger partial charge in [-0.2, -0.15) is 0 Å². The quantitative estimate of drug-likeness (QED) is 0.655. The molecular formula is C13H18N2O4. The van der Waals surface area contributed by atoms with Gasteiger partial charge >= 0.3 is 0 Å². The number of ether oxygens (including phenoxy) is 2. The fourth-order valence-electron chi connectivity index (χ4n) is 2.20. The summed E-state index contributed by atoms with van der Waals surface area (Å²) in [5, 5.41) is 14.1. The fraction of sp³-hybridized carbons (Fsp3) is 0.538. The van der Waals surface area contributed by atoms with Crippen LogP contribution in [0.15, 0.2) is 18.2 Å². The van der Waals surface area contributed by atoms with Crippen molar-refractivity contribution in [2.75, 3.05) is 25.6 Å². The van der Waals surface area contributed by atoms with E-state index in [4.69, 9.17) is 9.47 Å². The maximum absolute atomic E-state index is 11.0. The molecule has 0 bridgehead atoms. The van der Waals surface area contributed by atoms with Gasteiger partial charge in [-0.05, 0) is 25.8 Å². The van der Waals surface area contributed by atoms with E-state index in [9.17, 15) is 10.1 Å². The summed E-state index contributed by atoms with van der Waals surface area (Å²) in [6.45, 7) is 3.30. The van der Waals surface area contributed by atoms with E-state index in [-0.39, 0.29) is 11.3 Å². The van der Waals surface area contributed by atoms with Gasteiger partial charge in [-0.25, -0.2) is 0 Å². The molecule has 0 spiro atoms. The van der Waals surface area contributed by atoms with Gasteiger partial charge in [0.05, 0.1) is 17.6 Å². The number of nitrogens with zero attached hydrogens (tertiary/aromatic N) is 1. The number of benzene rings is 1. The van der Waals surface area contributed by atoms with E-state index in [2.05, 4.69) is 5.32 Å². The maximum atomic E-state index is 11.0. The van der Waals surface area contributed by atoms with Crippen LogP contribution < -0.4 is 10.1 Å². The fourth-order valence-corrected chi connectivity index (χ4v) is 2.20. The van der Waals surface area contributed by atoms with E-state index in [1.54, 1.807) is 12.1 Å². The molecule has 104 valence electrons. The third-order valence-corrected chi connectivity index (χ3v) is 3.35. The monoisotopic (exact) mass is 266 g/mol. The number of anilines is 1. The van der Waals surface area contributed by atoms with Crippen molar-refractivity contribution < 1.29 is 14.4 Å². The van der Waals surface area contributed by atoms with Gasteiger partial charge in [0.1, 0.15) is 11.4 Å². The summed E-state index contributed by atoms with van der Waals surface area (Å²) in [5.41, 5.74) is 0.250. The van der Waals surface area contributed by atoms with Crippen LogP contribution in [0.3, 0.4) is 0 Å². The Balaban J connectivity index is 2.15. The van der Waals surface area contributed by atoms with Crippen molar-refractivity contribution in [1.82, 2.24) is 0 Å². The molecule has 2 rings (SSSR count). The van der Waals surface area contributed by atoms with Crippen LogP contribution in [0, 0.1) is 10.1 Å². The number of rotatable bonds is 5. The first-order chi connectivity index (χ1) is 9.04. The van der Waals surface area contributed by atoms with Gasteiger partial charge in [0.25, 0.3) is 5.69 Å². The van der Waals surface area contributed by atoms with Crippen molar-refractivity contribution in [2.24, 2.45) is 0 Å². The normalized spacial score (nSPS) is 22.2. The third-order valence-electron chi connectivity index (χ3n) is 3.35. The standard InChI is InChI=1S/C13H18N2O4/c1-13(6-3-7-19-13)9-14-11-8-10(18-2)4-5-12(11)15(16)17/h4-5,8,14H,3,6-7,9H2,1-2H3. The first-order valence-electron chi connectivity index (χ1n) is 6.24. The number of nitrogens with one attached hydrogen (secondary N) is 1. The van der Waals surface area contributed by atoms with Gasteiger partial charge in [-0.1, -0.05) is 0 Å². The number of nitro groups is 1. The number of nitro benzene ring substituents is 1. The van der Waals surface area contributed by atoms with E-state index in [0.29, 0.717) is 18.0 Å². The SMILES string of the molecule is COc1ccc([N+](=O)[O-])c(NCC2(C)CCCO2)c1. The van der Waals surface area contributed by atoms with E-state index in [1.807, 2.05) is 6.92 Å². The highest BCUT2D eigenvalue weighted by molar-refractivity contribution is 5.64. The molecule has 1 aromatic carbocycles.